The van der Waals surface area contributed by atoms with Gasteiger partial charge in [-0.1, -0.05) is 6.07 Å². The number of aliphatic imine (C=N–C) groups is 2. The maximum Gasteiger partial charge on any atom is 0.225 e. The van der Waals surface area contributed by atoms with Gasteiger partial charge in [-0.05, 0) is 12.1 Å². The van der Waals surface area contributed by atoms with Crippen LogP contribution in [0.15, 0.2) is 34.4 Å². The van der Waals surface area contributed by atoms with Gasteiger partial charge >= 0.3 is 0 Å². The van der Waals surface area contributed by atoms with Crippen LogP contribution >= 0.6 is 0 Å². The first-order chi connectivity index (χ1) is 6.18. The summed E-state index contributed by atoms with van der Waals surface area (Å²) in [6, 6.07) is 5.25. The molecule has 0 bridgehead atoms. The van der Waals surface area contributed by atoms with Gasteiger partial charge in [-0.3, -0.25) is 0 Å². The van der Waals surface area contributed by atoms with Crippen molar-refractivity contribution in [3.63, 3.8) is 0 Å². The zero-order chi connectivity index (χ0) is 9.68. The van der Waals surface area contributed by atoms with Crippen LogP contribution in [-0.2, 0) is 0 Å². The van der Waals surface area contributed by atoms with E-state index in [9.17, 15) is 0 Å². The maximum atomic E-state index is 5.37. The Hall–Kier alpha value is -1.82. The Morgan fingerprint density at radius 1 is 1.21 bits per heavy atom. The molecule has 0 amide bonds. The third-order valence-electron chi connectivity index (χ3n) is 1.12. The normalized spacial score (nSPS) is 10.1. The second kappa shape index (κ2) is 5.76. The molecule has 0 aliphatic rings. The molecule has 6 nitrogen and oxygen atoms in total. The molecule has 0 aliphatic heterocycles. The molecular formula is C7H10ClN6-. The van der Waals surface area contributed by atoms with Crippen molar-refractivity contribution >= 4 is 17.7 Å². The first-order valence-corrected chi connectivity index (χ1v) is 3.53. The number of halogens is 1. The van der Waals surface area contributed by atoms with E-state index >= 15 is 0 Å². The molecule has 7 heteroatoms. The zero-order valence-corrected chi connectivity index (χ0v) is 8.02. The summed E-state index contributed by atoms with van der Waals surface area (Å²) >= 11 is 0. The molecule has 6 N–H and O–H groups in total. The Balaban J connectivity index is 0.00000169. The Morgan fingerprint density at radius 3 is 2.43 bits per heavy atom. The van der Waals surface area contributed by atoms with Gasteiger partial charge < -0.3 is 29.6 Å². The fraction of sp³-hybridized carbons (Fsp3) is 0. The third kappa shape index (κ3) is 4.27. The average molecular weight is 214 g/mol. The van der Waals surface area contributed by atoms with Crippen molar-refractivity contribution in [1.82, 2.24) is 4.98 Å². The molecule has 1 rings (SSSR count). The van der Waals surface area contributed by atoms with E-state index in [1.54, 1.807) is 24.4 Å². The SMILES string of the molecule is NC(N)=N/C(N)=N\c1ccccn1.[Cl-]. The molecule has 1 aromatic heterocycles. The van der Waals surface area contributed by atoms with Crippen LogP contribution in [0.3, 0.4) is 0 Å². The Morgan fingerprint density at radius 2 is 1.93 bits per heavy atom. The Kier molecular flexibility index (Phi) is 5.01. The van der Waals surface area contributed by atoms with Crippen molar-refractivity contribution in [2.75, 3.05) is 0 Å². The number of aromatic nitrogens is 1. The summed E-state index contributed by atoms with van der Waals surface area (Å²) in [4.78, 5) is 11.3. The molecule has 14 heavy (non-hydrogen) atoms. The van der Waals surface area contributed by atoms with Gasteiger partial charge in [-0.25, -0.2) is 4.98 Å². The number of hydrogen-bond donors (Lipinski definition) is 3. The lowest BCUT2D eigenvalue weighted by Gasteiger charge is -1.93. The molecular weight excluding hydrogens is 204 g/mol. The number of rotatable bonds is 1. The fourth-order valence-electron chi connectivity index (χ4n) is 0.695. The largest absolute Gasteiger partial charge is 1.00 e. The highest BCUT2D eigenvalue weighted by atomic mass is 35.5. The van der Waals surface area contributed by atoms with Crippen molar-refractivity contribution in [2.45, 2.75) is 0 Å². The van der Waals surface area contributed by atoms with Gasteiger partial charge in [0.05, 0.1) is 0 Å². The van der Waals surface area contributed by atoms with Gasteiger partial charge in [0.1, 0.15) is 0 Å². The van der Waals surface area contributed by atoms with E-state index in [2.05, 4.69) is 15.0 Å². The van der Waals surface area contributed by atoms with Crippen molar-refractivity contribution in [3.8, 4) is 0 Å². The monoisotopic (exact) mass is 213 g/mol. The predicted octanol–water partition coefficient (Wildman–Crippen LogP) is -3.69. The molecule has 0 atom stereocenters. The number of guanidine groups is 2. The van der Waals surface area contributed by atoms with Crippen LogP contribution in [-0.4, -0.2) is 16.9 Å². The standard InChI is InChI=1S/C7H10N6.ClH/c8-6(9)13-7(10)12-5-3-1-2-4-11-5;/h1-4H,(H6,8,9,10,11,12,13);1H/p-1. The van der Waals surface area contributed by atoms with E-state index < -0.39 is 0 Å². The molecule has 0 aliphatic carbocycles. The quantitative estimate of drug-likeness (QED) is 0.329. The van der Waals surface area contributed by atoms with E-state index in [1.807, 2.05) is 0 Å². The highest BCUT2D eigenvalue weighted by Crippen LogP contribution is 2.03. The van der Waals surface area contributed by atoms with Crippen LogP contribution in [0.25, 0.3) is 0 Å². The molecule has 0 radical (unpaired) electrons. The summed E-state index contributed by atoms with van der Waals surface area (Å²) < 4.78 is 0. The van der Waals surface area contributed by atoms with Crippen LogP contribution in [0.5, 0.6) is 0 Å². The van der Waals surface area contributed by atoms with Crippen LogP contribution < -0.4 is 29.6 Å². The van der Waals surface area contributed by atoms with E-state index in [1.165, 1.54) is 0 Å². The molecule has 0 spiro atoms. The zero-order valence-electron chi connectivity index (χ0n) is 7.26. The summed E-state index contributed by atoms with van der Waals surface area (Å²) in [6.07, 6.45) is 1.60. The first kappa shape index (κ1) is 12.2. The first-order valence-electron chi connectivity index (χ1n) is 3.53. The Labute approximate surface area is 87.3 Å². The van der Waals surface area contributed by atoms with Crippen molar-refractivity contribution in [2.24, 2.45) is 27.2 Å². The van der Waals surface area contributed by atoms with Crippen molar-refractivity contribution in [1.29, 1.82) is 0 Å². The third-order valence-corrected chi connectivity index (χ3v) is 1.12. The molecule has 1 heterocycles. The van der Waals surface area contributed by atoms with E-state index in [0.717, 1.165) is 0 Å². The van der Waals surface area contributed by atoms with Gasteiger partial charge in [0, 0.05) is 6.20 Å². The molecule has 1 aromatic rings. The Bertz CT molecular complexity index is 329. The second-order valence-corrected chi connectivity index (χ2v) is 2.19. The second-order valence-electron chi connectivity index (χ2n) is 2.19. The van der Waals surface area contributed by atoms with Gasteiger partial charge in [0.2, 0.25) is 5.96 Å². The van der Waals surface area contributed by atoms with Crippen LogP contribution in [0.4, 0.5) is 5.82 Å². The lowest BCUT2D eigenvalue weighted by atomic mass is 10.5. The maximum absolute atomic E-state index is 5.37. The van der Waals surface area contributed by atoms with Gasteiger partial charge in [0.15, 0.2) is 11.8 Å². The lowest BCUT2D eigenvalue weighted by Crippen LogP contribution is -3.00. The number of nitrogens with two attached hydrogens (primary N) is 3. The summed E-state index contributed by atoms with van der Waals surface area (Å²) in [5.41, 5.74) is 15.6. The highest BCUT2D eigenvalue weighted by Gasteiger charge is 1.91. The number of hydrogen-bond acceptors (Lipinski definition) is 2. The van der Waals surface area contributed by atoms with Gasteiger partial charge in [-0.15, -0.1) is 0 Å². The smallest absolute Gasteiger partial charge is 0.225 e. The summed E-state index contributed by atoms with van der Waals surface area (Å²) in [6.45, 7) is 0. The van der Waals surface area contributed by atoms with Crippen LogP contribution in [0.1, 0.15) is 0 Å². The molecule has 0 fully saturated rings. The number of pyridine rings is 1. The van der Waals surface area contributed by atoms with Crippen LogP contribution in [0, 0.1) is 0 Å². The lowest BCUT2D eigenvalue weighted by molar-refractivity contribution is -0.00000336. The minimum atomic E-state index is -0.128. The summed E-state index contributed by atoms with van der Waals surface area (Å²) in [7, 11) is 0. The van der Waals surface area contributed by atoms with Crippen molar-refractivity contribution < 1.29 is 12.4 Å². The van der Waals surface area contributed by atoms with E-state index in [-0.39, 0.29) is 24.3 Å². The topological polar surface area (TPSA) is 116 Å². The molecule has 0 saturated heterocycles. The van der Waals surface area contributed by atoms with Crippen LogP contribution in [0.2, 0.25) is 0 Å². The average Bonchev–Trinajstić information content (AvgIpc) is 2.04. The van der Waals surface area contributed by atoms with Gasteiger partial charge in [0.25, 0.3) is 0 Å². The van der Waals surface area contributed by atoms with Gasteiger partial charge in [-0.2, -0.15) is 9.98 Å². The molecule has 0 aromatic carbocycles. The molecule has 76 valence electrons. The van der Waals surface area contributed by atoms with Crippen molar-refractivity contribution in [3.05, 3.63) is 24.4 Å². The number of nitrogens with zero attached hydrogens (tertiary/aromatic N) is 3. The van der Waals surface area contributed by atoms with E-state index in [4.69, 9.17) is 17.2 Å². The predicted molar refractivity (Wildman–Crippen MR) is 51.3 cm³/mol. The summed E-state index contributed by atoms with van der Waals surface area (Å²) in [5, 5.41) is 0. The highest BCUT2D eigenvalue weighted by molar-refractivity contribution is 5.93. The minimum Gasteiger partial charge on any atom is -1.00 e. The van der Waals surface area contributed by atoms with E-state index in [0.29, 0.717) is 5.82 Å². The summed E-state index contributed by atoms with van der Waals surface area (Å²) in [5.74, 6) is 0.320. The minimum absolute atomic E-state index is 0. The molecule has 0 saturated carbocycles. The molecule has 0 unspecified atom stereocenters. The fourth-order valence-corrected chi connectivity index (χ4v) is 0.695.